The maximum Gasteiger partial charge on any atom is 0.245 e. The predicted octanol–water partition coefficient (Wildman–Crippen LogP) is 2.20. The third-order valence-corrected chi connectivity index (χ3v) is 5.26. The van der Waals surface area contributed by atoms with Gasteiger partial charge in [-0.15, -0.1) is 0 Å². The van der Waals surface area contributed by atoms with Crippen molar-refractivity contribution in [3.8, 4) is 0 Å². The Hall–Kier alpha value is -1.22. The predicted molar refractivity (Wildman–Crippen MR) is 82.1 cm³/mol. The fourth-order valence-electron chi connectivity index (χ4n) is 1.84. The van der Waals surface area contributed by atoms with Crippen LogP contribution >= 0.6 is 15.9 Å². The summed E-state index contributed by atoms with van der Waals surface area (Å²) >= 11 is 3.14. The van der Waals surface area contributed by atoms with Crippen LogP contribution in [0.5, 0.6) is 0 Å². The fraction of sp³-hybridized carbons (Fsp3) is 0.308. The normalized spacial score (nSPS) is 13.3. The highest BCUT2D eigenvalue weighted by atomic mass is 79.9. The molecule has 0 aliphatic heterocycles. The van der Waals surface area contributed by atoms with Gasteiger partial charge in [-0.25, -0.2) is 13.1 Å². The zero-order chi connectivity index (χ0) is 15.5. The maximum absolute atomic E-state index is 12.4. The zero-order valence-corrected chi connectivity index (χ0v) is 14.0. The Bertz CT molecular complexity index is 701. The van der Waals surface area contributed by atoms with E-state index in [9.17, 15) is 8.42 Å². The molecule has 0 spiro atoms. The summed E-state index contributed by atoms with van der Waals surface area (Å²) < 4.78 is 33.0. The van der Waals surface area contributed by atoms with Gasteiger partial charge in [0.05, 0.1) is 6.54 Å². The van der Waals surface area contributed by atoms with Gasteiger partial charge in [0, 0.05) is 24.5 Å². The summed E-state index contributed by atoms with van der Waals surface area (Å²) in [7, 11) is -1.92. The van der Waals surface area contributed by atoms with E-state index in [0.717, 1.165) is 5.56 Å². The Labute approximate surface area is 132 Å². The van der Waals surface area contributed by atoms with Gasteiger partial charge in [0.25, 0.3) is 0 Å². The van der Waals surface area contributed by atoms with Gasteiger partial charge < -0.3 is 9.73 Å². The molecule has 0 saturated heterocycles. The number of hydrogen-bond donors (Lipinski definition) is 2. The lowest BCUT2D eigenvalue weighted by atomic mass is 10.2. The lowest BCUT2D eigenvalue weighted by molar-refractivity contribution is 0.469. The standard InChI is InChI=1S/C13H16BrN3O3S/c1-9(10-4-3-5-16-7-10)17-21(18,19)12-6-11(8-15-2)20-13(12)14/h3-7,9,15,17H,8H2,1-2H3. The van der Waals surface area contributed by atoms with Crippen LogP contribution in [0.15, 0.2) is 44.6 Å². The Morgan fingerprint density at radius 3 is 2.86 bits per heavy atom. The molecule has 114 valence electrons. The van der Waals surface area contributed by atoms with E-state index in [-0.39, 0.29) is 9.56 Å². The maximum atomic E-state index is 12.4. The van der Waals surface area contributed by atoms with Gasteiger partial charge in [0.1, 0.15) is 10.7 Å². The van der Waals surface area contributed by atoms with Crippen LogP contribution in [0.25, 0.3) is 0 Å². The van der Waals surface area contributed by atoms with Gasteiger partial charge >= 0.3 is 0 Å². The number of halogens is 1. The summed E-state index contributed by atoms with van der Waals surface area (Å²) in [5.41, 5.74) is 0.788. The second-order valence-corrected chi connectivity index (χ2v) is 6.91. The van der Waals surface area contributed by atoms with Crippen molar-refractivity contribution in [2.75, 3.05) is 7.05 Å². The monoisotopic (exact) mass is 373 g/mol. The minimum absolute atomic E-state index is 0.0866. The average Bonchev–Trinajstić information content (AvgIpc) is 2.81. The Morgan fingerprint density at radius 1 is 1.48 bits per heavy atom. The summed E-state index contributed by atoms with van der Waals surface area (Å²) in [6.45, 7) is 2.21. The van der Waals surface area contributed by atoms with Gasteiger partial charge in [-0.1, -0.05) is 6.07 Å². The zero-order valence-electron chi connectivity index (χ0n) is 11.6. The second-order valence-electron chi connectivity index (χ2n) is 4.51. The van der Waals surface area contributed by atoms with Crippen molar-refractivity contribution >= 4 is 26.0 Å². The first-order valence-electron chi connectivity index (χ1n) is 6.29. The molecule has 2 heterocycles. The van der Waals surface area contributed by atoms with Crippen molar-refractivity contribution in [2.24, 2.45) is 0 Å². The third-order valence-electron chi connectivity index (χ3n) is 2.86. The van der Waals surface area contributed by atoms with E-state index < -0.39 is 16.1 Å². The molecular formula is C13H16BrN3O3S. The minimum Gasteiger partial charge on any atom is -0.452 e. The number of hydrogen-bond acceptors (Lipinski definition) is 5. The number of rotatable bonds is 6. The lowest BCUT2D eigenvalue weighted by Crippen LogP contribution is -2.26. The number of nitrogens with zero attached hydrogens (tertiary/aromatic N) is 1. The molecule has 0 saturated carbocycles. The first kappa shape index (κ1) is 16.2. The van der Waals surface area contributed by atoms with Crippen molar-refractivity contribution < 1.29 is 12.8 Å². The topological polar surface area (TPSA) is 84.2 Å². The van der Waals surface area contributed by atoms with Crippen molar-refractivity contribution in [3.05, 3.63) is 46.6 Å². The molecule has 0 radical (unpaired) electrons. The molecule has 2 rings (SSSR count). The van der Waals surface area contributed by atoms with Gasteiger partial charge in [-0.05, 0) is 41.5 Å². The number of nitrogens with one attached hydrogen (secondary N) is 2. The molecule has 0 amide bonds. The molecule has 0 aliphatic carbocycles. The Balaban J connectivity index is 2.22. The molecule has 6 nitrogen and oxygen atoms in total. The van der Waals surface area contributed by atoms with E-state index in [1.807, 2.05) is 6.07 Å². The number of sulfonamides is 1. The Morgan fingerprint density at radius 2 is 2.24 bits per heavy atom. The van der Waals surface area contributed by atoms with Crippen LogP contribution in [0.1, 0.15) is 24.3 Å². The van der Waals surface area contributed by atoms with Crippen LogP contribution in [0.4, 0.5) is 0 Å². The smallest absolute Gasteiger partial charge is 0.245 e. The molecule has 2 aromatic rings. The van der Waals surface area contributed by atoms with Gasteiger partial charge in [-0.3, -0.25) is 4.98 Å². The second kappa shape index (κ2) is 6.69. The van der Waals surface area contributed by atoms with Crippen molar-refractivity contribution in [1.82, 2.24) is 15.0 Å². The molecule has 2 N–H and O–H groups in total. The highest BCUT2D eigenvalue weighted by Crippen LogP contribution is 2.27. The number of furan rings is 1. The van der Waals surface area contributed by atoms with Crippen molar-refractivity contribution in [2.45, 2.75) is 24.4 Å². The van der Waals surface area contributed by atoms with Crippen LogP contribution in [0.2, 0.25) is 0 Å². The molecule has 0 aromatic carbocycles. The Kier molecular flexibility index (Phi) is 5.15. The fourth-order valence-corrected chi connectivity index (χ4v) is 4.07. The van der Waals surface area contributed by atoms with E-state index >= 15 is 0 Å². The van der Waals surface area contributed by atoms with Crippen LogP contribution in [-0.2, 0) is 16.6 Å². The molecule has 2 aromatic heterocycles. The van der Waals surface area contributed by atoms with E-state index in [2.05, 4.69) is 31.0 Å². The van der Waals surface area contributed by atoms with Crippen LogP contribution < -0.4 is 10.0 Å². The first-order chi connectivity index (χ1) is 9.94. The molecule has 1 unspecified atom stereocenters. The van der Waals surface area contributed by atoms with Gasteiger partial charge in [-0.2, -0.15) is 0 Å². The van der Waals surface area contributed by atoms with Gasteiger partial charge in [0.15, 0.2) is 4.67 Å². The molecule has 8 heteroatoms. The van der Waals surface area contributed by atoms with E-state index in [1.54, 1.807) is 32.4 Å². The number of aromatic nitrogens is 1. The van der Waals surface area contributed by atoms with Crippen LogP contribution in [0, 0.1) is 0 Å². The molecular weight excluding hydrogens is 358 g/mol. The highest BCUT2D eigenvalue weighted by molar-refractivity contribution is 9.10. The molecule has 21 heavy (non-hydrogen) atoms. The molecule has 0 fully saturated rings. The lowest BCUT2D eigenvalue weighted by Gasteiger charge is -2.13. The SMILES string of the molecule is CNCc1cc(S(=O)(=O)NC(C)c2cccnc2)c(Br)o1. The summed E-state index contributed by atoms with van der Waals surface area (Å²) in [5.74, 6) is 0.541. The van der Waals surface area contributed by atoms with E-state index in [1.165, 1.54) is 6.07 Å². The number of pyridine rings is 1. The van der Waals surface area contributed by atoms with Crippen LogP contribution in [-0.4, -0.2) is 20.4 Å². The van der Waals surface area contributed by atoms with Crippen molar-refractivity contribution in [1.29, 1.82) is 0 Å². The summed E-state index contributed by atoms with van der Waals surface area (Å²) in [6, 6.07) is 4.69. The van der Waals surface area contributed by atoms with Gasteiger partial charge in [0.2, 0.25) is 10.0 Å². The van der Waals surface area contributed by atoms with E-state index in [4.69, 9.17) is 4.42 Å². The largest absolute Gasteiger partial charge is 0.452 e. The molecule has 0 bridgehead atoms. The summed E-state index contributed by atoms with van der Waals surface area (Å²) in [6.07, 6.45) is 3.27. The molecule has 1 atom stereocenters. The van der Waals surface area contributed by atoms with Crippen LogP contribution in [0.3, 0.4) is 0 Å². The highest BCUT2D eigenvalue weighted by Gasteiger charge is 2.24. The first-order valence-corrected chi connectivity index (χ1v) is 8.56. The summed E-state index contributed by atoms with van der Waals surface area (Å²) in [5, 5.41) is 2.90. The minimum atomic E-state index is -3.68. The average molecular weight is 374 g/mol. The summed E-state index contributed by atoms with van der Waals surface area (Å²) in [4.78, 5) is 4.07. The van der Waals surface area contributed by atoms with E-state index in [0.29, 0.717) is 12.3 Å². The van der Waals surface area contributed by atoms with Crippen molar-refractivity contribution in [3.63, 3.8) is 0 Å². The third kappa shape index (κ3) is 3.91. The molecule has 0 aliphatic rings. The quantitative estimate of drug-likeness (QED) is 0.810.